The summed E-state index contributed by atoms with van der Waals surface area (Å²) in [5, 5.41) is 0. The van der Waals surface area contributed by atoms with E-state index in [1.807, 2.05) is 32.0 Å². The molecule has 0 saturated heterocycles. The quantitative estimate of drug-likeness (QED) is 0.726. The van der Waals surface area contributed by atoms with Crippen LogP contribution in [0, 0.1) is 11.3 Å². The molecule has 1 aromatic rings. The largest absolute Gasteiger partial charge is 0.463 e. The molecule has 3 atom stereocenters. The molecule has 2 fully saturated rings. The third kappa shape index (κ3) is 1.22. The standard InChI is InChI=1S/C14H16O2/c1-9(2)16-13(15)14-8-11(14)12(14)10-6-4-3-5-7-10/h3-7,9,11-12H,8H2,1-2H3/t11-,12-,14+/m0/s1. The van der Waals surface area contributed by atoms with E-state index in [4.69, 9.17) is 4.74 Å². The predicted molar refractivity (Wildman–Crippen MR) is 61.0 cm³/mol. The lowest BCUT2D eigenvalue weighted by Gasteiger charge is -2.13. The molecular formula is C14H16O2. The van der Waals surface area contributed by atoms with Crippen LogP contribution in [-0.4, -0.2) is 12.1 Å². The van der Waals surface area contributed by atoms with Gasteiger partial charge in [-0.3, -0.25) is 4.79 Å². The molecule has 3 rings (SSSR count). The van der Waals surface area contributed by atoms with E-state index in [9.17, 15) is 4.79 Å². The Labute approximate surface area is 95.6 Å². The highest BCUT2D eigenvalue weighted by atomic mass is 16.5. The maximum absolute atomic E-state index is 11.9. The Morgan fingerprint density at radius 3 is 2.62 bits per heavy atom. The van der Waals surface area contributed by atoms with Crippen LogP contribution in [0.25, 0.3) is 0 Å². The Bertz CT molecular complexity index is 424. The number of hydrogen-bond donors (Lipinski definition) is 0. The van der Waals surface area contributed by atoms with E-state index >= 15 is 0 Å². The highest BCUT2D eigenvalue weighted by molar-refractivity contribution is 5.88. The van der Waals surface area contributed by atoms with Crippen LogP contribution in [0.15, 0.2) is 30.3 Å². The number of hydrogen-bond acceptors (Lipinski definition) is 2. The van der Waals surface area contributed by atoms with Gasteiger partial charge in [0.15, 0.2) is 0 Å². The van der Waals surface area contributed by atoms with Gasteiger partial charge in [0.25, 0.3) is 0 Å². The molecule has 0 spiro atoms. The van der Waals surface area contributed by atoms with Gasteiger partial charge in [0.2, 0.25) is 0 Å². The van der Waals surface area contributed by atoms with Gasteiger partial charge < -0.3 is 4.74 Å². The van der Waals surface area contributed by atoms with Gasteiger partial charge in [0.05, 0.1) is 11.5 Å². The lowest BCUT2D eigenvalue weighted by atomic mass is 9.97. The molecule has 84 valence electrons. The summed E-state index contributed by atoms with van der Waals surface area (Å²) in [6.45, 7) is 3.82. The first kappa shape index (κ1) is 9.88. The molecule has 0 unspecified atom stereocenters. The van der Waals surface area contributed by atoms with E-state index in [-0.39, 0.29) is 17.5 Å². The van der Waals surface area contributed by atoms with Gasteiger partial charge >= 0.3 is 5.97 Å². The monoisotopic (exact) mass is 216 g/mol. The first-order chi connectivity index (χ1) is 7.66. The molecule has 2 aliphatic carbocycles. The summed E-state index contributed by atoms with van der Waals surface area (Å²) in [6, 6.07) is 10.3. The van der Waals surface area contributed by atoms with Crippen molar-refractivity contribution in [2.75, 3.05) is 0 Å². The fourth-order valence-electron chi connectivity index (χ4n) is 2.78. The van der Waals surface area contributed by atoms with Crippen molar-refractivity contribution < 1.29 is 9.53 Å². The smallest absolute Gasteiger partial charge is 0.313 e. The van der Waals surface area contributed by atoms with Crippen molar-refractivity contribution in [1.29, 1.82) is 0 Å². The van der Waals surface area contributed by atoms with E-state index in [2.05, 4.69) is 12.1 Å². The lowest BCUT2D eigenvalue weighted by molar-refractivity contribution is -0.151. The zero-order valence-electron chi connectivity index (χ0n) is 9.64. The summed E-state index contributed by atoms with van der Waals surface area (Å²) in [5.74, 6) is 1.00. The Morgan fingerprint density at radius 1 is 1.38 bits per heavy atom. The zero-order chi connectivity index (χ0) is 11.3. The second-order valence-electron chi connectivity index (χ2n) is 5.19. The molecule has 0 N–H and O–H groups in total. The Kier molecular flexibility index (Phi) is 1.91. The summed E-state index contributed by atoms with van der Waals surface area (Å²) >= 11 is 0. The van der Waals surface area contributed by atoms with E-state index in [1.165, 1.54) is 5.56 Å². The maximum Gasteiger partial charge on any atom is 0.313 e. The van der Waals surface area contributed by atoms with Crippen molar-refractivity contribution in [3.8, 4) is 0 Å². The zero-order valence-corrected chi connectivity index (χ0v) is 9.64. The number of carbonyl (C=O) groups excluding carboxylic acids is 1. The van der Waals surface area contributed by atoms with Gasteiger partial charge in [-0.05, 0) is 31.7 Å². The minimum atomic E-state index is -0.133. The van der Waals surface area contributed by atoms with Gasteiger partial charge in [0, 0.05) is 5.92 Å². The van der Waals surface area contributed by atoms with Crippen molar-refractivity contribution in [2.24, 2.45) is 11.3 Å². The highest BCUT2D eigenvalue weighted by Crippen LogP contribution is 2.84. The van der Waals surface area contributed by atoms with Crippen molar-refractivity contribution in [2.45, 2.75) is 32.3 Å². The number of benzene rings is 1. The van der Waals surface area contributed by atoms with Crippen LogP contribution < -0.4 is 0 Å². The molecule has 0 bridgehead atoms. The van der Waals surface area contributed by atoms with Crippen molar-refractivity contribution >= 4 is 5.97 Å². The summed E-state index contributed by atoms with van der Waals surface area (Å²) in [5.41, 5.74) is 1.16. The molecule has 0 aromatic heterocycles. The van der Waals surface area contributed by atoms with Crippen LogP contribution in [-0.2, 0) is 9.53 Å². The number of esters is 1. The number of rotatable bonds is 3. The fraction of sp³-hybridized carbons (Fsp3) is 0.500. The molecule has 0 amide bonds. The Hall–Kier alpha value is -1.31. The molecular weight excluding hydrogens is 200 g/mol. The van der Waals surface area contributed by atoms with Crippen molar-refractivity contribution in [3.05, 3.63) is 35.9 Å². The average molecular weight is 216 g/mol. The van der Waals surface area contributed by atoms with Gasteiger partial charge in [-0.15, -0.1) is 0 Å². The normalized spacial score (nSPS) is 34.4. The van der Waals surface area contributed by atoms with E-state index in [0.29, 0.717) is 11.8 Å². The molecule has 2 saturated carbocycles. The van der Waals surface area contributed by atoms with Gasteiger partial charge in [-0.25, -0.2) is 0 Å². The predicted octanol–water partition coefficient (Wildman–Crippen LogP) is 2.74. The number of carbonyl (C=O) groups is 1. The molecule has 1 aromatic carbocycles. The van der Waals surface area contributed by atoms with Gasteiger partial charge in [-0.1, -0.05) is 30.3 Å². The van der Waals surface area contributed by atoms with E-state index in [0.717, 1.165) is 6.42 Å². The van der Waals surface area contributed by atoms with Crippen molar-refractivity contribution in [1.82, 2.24) is 0 Å². The van der Waals surface area contributed by atoms with Crippen molar-refractivity contribution in [3.63, 3.8) is 0 Å². The summed E-state index contributed by atoms with van der Waals surface area (Å²) in [6.07, 6.45) is 1.03. The number of ether oxygens (including phenoxy) is 1. The highest BCUT2D eigenvalue weighted by Gasteiger charge is 2.84. The molecule has 0 aliphatic heterocycles. The molecule has 2 heteroatoms. The topological polar surface area (TPSA) is 26.3 Å². The molecule has 2 aliphatic rings. The lowest BCUT2D eigenvalue weighted by Crippen LogP contribution is -2.19. The molecule has 2 nitrogen and oxygen atoms in total. The second-order valence-corrected chi connectivity index (χ2v) is 5.19. The van der Waals surface area contributed by atoms with Crippen LogP contribution in [0.5, 0.6) is 0 Å². The molecule has 0 heterocycles. The van der Waals surface area contributed by atoms with Crippen LogP contribution >= 0.6 is 0 Å². The SMILES string of the molecule is CC(C)OC(=O)[C@]12C[C@H]1[C@@H]2c1ccccc1. The Morgan fingerprint density at radius 2 is 2.06 bits per heavy atom. The first-order valence-corrected chi connectivity index (χ1v) is 5.92. The minimum Gasteiger partial charge on any atom is -0.463 e. The summed E-state index contributed by atoms with van der Waals surface area (Å²) in [7, 11) is 0. The van der Waals surface area contributed by atoms with Gasteiger partial charge in [0.1, 0.15) is 0 Å². The second kappa shape index (κ2) is 3.09. The van der Waals surface area contributed by atoms with Crippen LogP contribution in [0.4, 0.5) is 0 Å². The van der Waals surface area contributed by atoms with Gasteiger partial charge in [-0.2, -0.15) is 0 Å². The first-order valence-electron chi connectivity index (χ1n) is 5.92. The summed E-state index contributed by atoms with van der Waals surface area (Å²) in [4.78, 5) is 11.9. The van der Waals surface area contributed by atoms with E-state index in [1.54, 1.807) is 0 Å². The summed E-state index contributed by atoms with van der Waals surface area (Å²) < 4.78 is 5.33. The van der Waals surface area contributed by atoms with Crippen LogP contribution in [0.3, 0.4) is 0 Å². The Balaban J connectivity index is 1.74. The fourth-order valence-corrected chi connectivity index (χ4v) is 2.78. The van der Waals surface area contributed by atoms with E-state index < -0.39 is 0 Å². The number of fused-ring (bicyclic) bond motifs is 1. The third-order valence-corrected chi connectivity index (χ3v) is 3.79. The molecule has 0 radical (unpaired) electrons. The van der Waals surface area contributed by atoms with Crippen LogP contribution in [0.2, 0.25) is 0 Å². The molecule has 16 heavy (non-hydrogen) atoms. The maximum atomic E-state index is 11.9. The van der Waals surface area contributed by atoms with Crippen LogP contribution in [0.1, 0.15) is 31.7 Å². The third-order valence-electron chi connectivity index (χ3n) is 3.79. The minimum absolute atomic E-state index is 0.000137. The average Bonchev–Trinajstić information content (AvgIpc) is 3.05.